The van der Waals surface area contributed by atoms with Gasteiger partial charge in [0.25, 0.3) is 0 Å². The van der Waals surface area contributed by atoms with Gasteiger partial charge in [0.1, 0.15) is 17.5 Å². The number of likely N-dealkylation sites (tertiary alicyclic amines) is 1. The first-order valence-corrected chi connectivity index (χ1v) is 12.2. The number of carbonyl (C=O) groups excluding carboxylic acids is 2. The Labute approximate surface area is 207 Å². The predicted molar refractivity (Wildman–Crippen MR) is 129 cm³/mol. The average Bonchev–Trinajstić information content (AvgIpc) is 3.53. The van der Waals surface area contributed by atoms with E-state index in [1.165, 1.54) is 16.8 Å². The number of halogens is 2. The van der Waals surface area contributed by atoms with Crippen molar-refractivity contribution in [1.29, 1.82) is 0 Å². The second-order valence-electron chi connectivity index (χ2n) is 9.07. The van der Waals surface area contributed by atoms with E-state index >= 15 is 0 Å². The highest BCUT2D eigenvalue weighted by Crippen LogP contribution is 2.36. The van der Waals surface area contributed by atoms with Crippen molar-refractivity contribution in [2.24, 2.45) is 5.92 Å². The molecule has 1 atom stereocenters. The van der Waals surface area contributed by atoms with E-state index in [0.717, 1.165) is 18.6 Å². The number of nitrogens with zero attached hydrogens (tertiary/aromatic N) is 5. The average molecular weight is 499 g/mol. The number of anilines is 2. The van der Waals surface area contributed by atoms with E-state index in [0.29, 0.717) is 68.3 Å². The summed E-state index contributed by atoms with van der Waals surface area (Å²) < 4.78 is 35.0. The minimum atomic E-state index is -0.479. The van der Waals surface area contributed by atoms with E-state index in [-0.39, 0.29) is 24.0 Å². The zero-order valence-electron chi connectivity index (χ0n) is 20.0. The zero-order valence-corrected chi connectivity index (χ0v) is 20.0. The predicted octanol–water partition coefficient (Wildman–Crippen LogP) is 4.16. The Kier molecular flexibility index (Phi) is 6.71. The Hall–Kier alpha value is -3.76. The van der Waals surface area contributed by atoms with Gasteiger partial charge < -0.3 is 14.5 Å². The van der Waals surface area contributed by atoms with E-state index < -0.39 is 11.6 Å². The van der Waals surface area contributed by atoms with Gasteiger partial charge in [0, 0.05) is 25.2 Å². The highest BCUT2D eigenvalue weighted by molar-refractivity contribution is 5.89. The molecule has 2 saturated heterocycles. The third kappa shape index (κ3) is 4.69. The molecule has 1 N–H and O–H groups in total. The van der Waals surface area contributed by atoms with Gasteiger partial charge in [-0.3, -0.25) is 10.1 Å². The molecular weight excluding hydrogens is 470 g/mol. The molecule has 11 heteroatoms. The first-order chi connectivity index (χ1) is 17.4. The van der Waals surface area contributed by atoms with Gasteiger partial charge in [-0.05, 0) is 62.9 Å². The van der Waals surface area contributed by atoms with Crippen molar-refractivity contribution in [1.82, 2.24) is 19.5 Å². The Morgan fingerprint density at radius 1 is 1.11 bits per heavy atom. The minimum absolute atomic E-state index is 0.189. The second kappa shape index (κ2) is 10.1. The van der Waals surface area contributed by atoms with Crippen molar-refractivity contribution in [2.45, 2.75) is 38.6 Å². The molecule has 0 aliphatic carbocycles. The van der Waals surface area contributed by atoms with Crippen LogP contribution in [0.5, 0.6) is 0 Å². The Balaban J connectivity index is 1.32. The molecule has 36 heavy (non-hydrogen) atoms. The summed E-state index contributed by atoms with van der Waals surface area (Å²) in [5.74, 6) is -0.349. The summed E-state index contributed by atoms with van der Waals surface area (Å²) >= 11 is 0. The number of rotatable bonds is 5. The van der Waals surface area contributed by atoms with Gasteiger partial charge in [0.2, 0.25) is 0 Å². The number of piperidine rings is 1. The largest absolute Gasteiger partial charge is 0.466 e. The zero-order chi connectivity index (χ0) is 25.2. The molecule has 3 aromatic rings. The quantitative estimate of drug-likeness (QED) is 0.532. The van der Waals surface area contributed by atoms with E-state index in [2.05, 4.69) is 15.4 Å². The molecule has 0 saturated carbocycles. The lowest BCUT2D eigenvalue weighted by Gasteiger charge is -2.30. The summed E-state index contributed by atoms with van der Waals surface area (Å²) in [5.41, 5.74) is 0.850. The summed E-state index contributed by atoms with van der Waals surface area (Å²) in [7, 11) is 0. The number of esters is 1. The van der Waals surface area contributed by atoms with Crippen LogP contribution in [0.2, 0.25) is 0 Å². The van der Waals surface area contributed by atoms with Crippen LogP contribution < -0.4 is 10.2 Å². The van der Waals surface area contributed by atoms with E-state index in [1.807, 2.05) is 4.90 Å². The van der Waals surface area contributed by atoms with Gasteiger partial charge in [-0.1, -0.05) is 0 Å². The molecule has 2 amide bonds. The van der Waals surface area contributed by atoms with Crippen LogP contribution in [0.15, 0.2) is 36.5 Å². The molecule has 5 rings (SSSR count). The van der Waals surface area contributed by atoms with Gasteiger partial charge in [-0.2, -0.15) is 4.52 Å². The third-order valence-corrected chi connectivity index (χ3v) is 6.85. The standard InChI is InChI=1S/C25H28F2N6O3/c1-2-36-24(34)16-9-12-31(13-10-16)25(35)29-23-15-28-21-7-8-22(30-33(21)23)32-11-3-4-20(32)18-14-17(26)5-6-19(18)27/h5-8,14-16,20H,2-4,9-13H2,1H3,(H,29,35). The van der Waals surface area contributed by atoms with Gasteiger partial charge in [-0.25, -0.2) is 18.6 Å². The number of hydrogen-bond acceptors (Lipinski definition) is 6. The summed E-state index contributed by atoms with van der Waals surface area (Å²) in [6.07, 6.45) is 4.12. The molecule has 0 radical (unpaired) electrons. The number of ether oxygens (including phenoxy) is 1. The number of benzene rings is 1. The van der Waals surface area contributed by atoms with Crippen LogP contribution in [0.3, 0.4) is 0 Å². The fourth-order valence-electron chi connectivity index (χ4n) is 5.00. The SMILES string of the molecule is CCOC(=O)C1CCN(C(=O)Nc2cnc3ccc(N4CCCC4c4cc(F)ccc4F)nn23)CC1. The number of carbonyl (C=O) groups is 2. The first kappa shape index (κ1) is 24.0. The summed E-state index contributed by atoms with van der Waals surface area (Å²) in [6, 6.07) is 6.44. The number of hydrogen-bond donors (Lipinski definition) is 1. The maximum absolute atomic E-state index is 14.5. The Morgan fingerprint density at radius 2 is 1.92 bits per heavy atom. The molecule has 1 aromatic carbocycles. The van der Waals surface area contributed by atoms with Crippen LogP contribution in [-0.2, 0) is 9.53 Å². The van der Waals surface area contributed by atoms with Crippen molar-refractivity contribution in [2.75, 3.05) is 36.5 Å². The second-order valence-corrected chi connectivity index (χ2v) is 9.07. The normalized spacial score (nSPS) is 18.6. The third-order valence-electron chi connectivity index (χ3n) is 6.85. The van der Waals surface area contributed by atoms with E-state index in [1.54, 1.807) is 24.0 Å². The number of aromatic nitrogens is 3. The number of amides is 2. The van der Waals surface area contributed by atoms with Gasteiger partial charge in [0.15, 0.2) is 11.5 Å². The molecule has 2 aromatic heterocycles. The topological polar surface area (TPSA) is 92.1 Å². The van der Waals surface area contributed by atoms with Gasteiger partial charge in [-0.15, -0.1) is 5.10 Å². The lowest BCUT2D eigenvalue weighted by Crippen LogP contribution is -2.43. The molecule has 2 aliphatic heterocycles. The highest BCUT2D eigenvalue weighted by atomic mass is 19.1. The highest BCUT2D eigenvalue weighted by Gasteiger charge is 2.31. The van der Waals surface area contributed by atoms with Crippen LogP contribution in [0.4, 0.5) is 25.2 Å². The lowest BCUT2D eigenvalue weighted by molar-refractivity contribution is -0.149. The summed E-state index contributed by atoms with van der Waals surface area (Å²) in [5, 5.41) is 7.53. The molecule has 190 valence electrons. The van der Waals surface area contributed by atoms with Crippen LogP contribution in [0.1, 0.15) is 44.2 Å². The Bertz CT molecular complexity index is 1270. The van der Waals surface area contributed by atoms with Crippen LogP contribution in [0, 0.1) is 17.6 Å². The first-order valence-electron chi connectivity index (χ1n) is 12.2. The van der Waals surface area contributed by atoms with Crippen LogP contribution >= 0.6 is 0 Å². The lowest BCUT2D eigenvalue weighted by atomic mass is 9.97. The number of imidazole rings is 1. The van der Waals surface area contributed by atoms with Crippen LogP contribution in [0.25, 0.3) is 5.65 Å². The maximum Gasteiger partial charge on any atom is 0.323 e. The maximum atomic E-state index is 14.5. The van der Waals surface area contributed by atoms with Gasteiger partial charge >= 0.3 is 12.0 Å². The summed E-state index contributed by atoms with van der Waals surface area (Å²) in [6.45, 7) is 3.65. The number of fused-ring (bicyclic) bond motifs is 1. The fourth-order valence-corrected chi connectivity index (χ4v) is 5.00. The van der Waals surface area contributed by atoms with E-state index in [4.69, 9.17) is 4.74 Å². The molecule has 1 unspecified atom stereocenters. The smallest absolute Gasteiger partial charge is 0.323 e. The van der Waals surface area contributed by atoms with Crippen molar-refractivity contribution in [3.63, 3.8) is 0 Å². The molecule has 4 heterocycles. The molecular formula is C25H28F2N6O3. The van der Waals surface area contributed by atoms with Gasteiger partial charge in [0.05, 0.1) is 24.8 Å². The summed E-state index contributed by atoms with van der Waals surface area (Å²) in [4.78, 5) is 32.8. The molecule has 0 spiro atoms. The van der Waals surface area contributed by atoms with Crippen LogP contribution in [-0.4, -0.2) is 57.7 Å². The molecule has 9 nitrogen and oxygen atoms in total. The number of urea groups is 1. The van der Waals surface area contributed by atoms with Crippen molar-refractivity contribution in [3.05, 3.63) is 53.7 Å². The van der Waals surface area contributed by atoms with Crippen molar-refractivity contribution >= 4 is 29.3 Å². The molecule has 2 aliphatic rings. The number of nitrogens with one attached hydrogen (secondary N) is 1. The van der Waals surface area contributed by atoms with E-state index in [9.17, 15) is 18.4 Å². The monoisotopic (exact) mass is 498 g/mol. The fraction of sp³-hybridized carbons (Fsp3) is 0.440. The molecule has 0 bridgehead atoms. The molecule has 2 fully saturated rings. The van der Waals surface area contributed by atoms with Crippen molar-refractivity contribution in [3.8, 4) is 0 Å². The Morgan fingerprint density at radius 3 is 2.69 bits per heavy atom. The van der Waals surface area contributed by atoms with Crippen molar-refractivity contribution < 1.29 is 23.1 Å². The minimum Gasteiger partial charge on any atom is -0.466 e.